The summed E-state index contributed by atoms with van der Waals surface area (Å²) >= 11 is 6.38. The van der Waals surface area contributed by atoms with Gasteiger partial charge in [-0.2, -0.15) is 10.2 Å². The standard InChI is InChI=1S/C14H13ClN6O.C13H17F2NO/c1-20-8-9(7-17-20)12-11(15)13(18-14(16)22)21(19-12)10-5-3-2-4-6-10;1-17-7-6-16-5-4-11(9-16)10-2-3-12(14)13(15)8-10/h2-8H,1H3,(H3,16,18,22);2-3,8,11H,4-7,9H2,1H3. The number of carbonyl (C=O) groups excluding carboxylic acids is 1. The lowest BCUT2D eigenvalue weighted by Gasteiger charge is -2.15. The maximum absolute atomic E-state index is 13.1. The van der Waals surface area contributed by atoms with Crippen molar-refractivity contribution < 1.29 is 18.3 Å². The minimum Gasteiger partial charge on any atom is -0.383 e. The average molecular weight is 558 g/mol. The maximum atomic E-state index is 13.1. The topological polar surface area (TPSA) is 103 Å². The van der Waals surface area contributed by atoms with E-state index >= 15 is 0 Å². The smallest absolute Gasteiger partial charge is 0.317 e. The van der Waals surface area contributed by atoms with Crippen molar-refractivity contribution in [2.45, 2.75) is 12.3 Å². The highest BCUT2D eigenvalue weighted by atomic mass is 35.5. The van der Waals surface area contributed by atoms with Crippen LogP contribution in [0.15, 0.2) is 60.9 Å². The summed E-state index contributed by atoms with van der Waals surface area (Å²) < 4.78 is 34.2. The molecular formula is C27H30ClF2N7O2. The fraction of sp³-hybridized carbons (Fsp3) is 0.296. The third-order valence-corrected chi connectivity index (χ3v) is 6.71. The third-order valence-electron chi connectivity index (χ3n) is 6.35. The number of rotatable bonds is 7. The van der Waals surface area contributed by atoms with Crippen molar-refractivity contribution in [1.29, 1.82) is 0 Å². The third kappa shape index (κ3) is 6.99. The predicted molar refractivity (Wildman–Crippen MR) is 146 cm³/mol. The van der Waals surface area contributed by atoms with E-state index < -0.39 is 17.7 Å². The van der Waals surface area contributed by atoms with E-state index in [9.17, 15) is 13.6 Å². The van der Waals surface area contributed by atoms with Gasteiger partial charge in [0.1, 0.15) is 10.7 Å². The van der Waals surface area contributed by atoms with Gasteiger partial charge in [-0.1, -0.05) is 35.9 Å². The van der Waals surface area contributed by atoms with E-state index in [-0.39, 0.29) is 0 Å². The van der Waals surface area contributed by atoms with E-state index in [1.54, 1.807) is 37.3 Å². The van der Waals surface area contributed by atoms with E-state index in [0.717, 1.165) is 42.9 Å². The number of methoxy groups -OCH3 is 1. The lowest BCUT2D eigenvalue weighted by atomic mass is 9.98. The molecule has 1 aliphatic heterocycles. The maximum Gasteiger partial charge on any atom is 0.317 e. The summed E-state index contributed by atoms with van der Waals surface area (Å²) in [6.45, 7) is 3.50. The van der Waals surface area contributed by atoms with Gasteiger partial charge in [0.05, 0.1) is 18.5 Å². The highest BCUT2D eigenvalue weighted by Crippen LogP contribution is 2.35. The number of anilines is 1. The molecule has 1 atom stereocenters. The molecular weight excluding hydrogens is 528 g/mol. The van der Waals surface area contributed by atoms with E-state index in [0.29, 0.717) is 29.1 Å². The van der Waals surface area contributed by atoms with Crippen molar-refractivity contribution in [3.63, 3.8) is 0 Å². The Morgan fingerprint density at radius 2 is 1.97 bits per heavy atom. The first-order valence-corrected chi connectivity index (χ1v) is 12.7. The zero-order chi connectivity index (χ0) is 27.9. The second-order valence-corrected chi connectivity index (χ2v) is 9.48. The van der Waals surface area contributed by atoms with Crippen LogP contribution in [0.2, 0.25) is 5.02 Å². The zero-order valence-electron chi connectivity index (χ0n) is 21.7. The summed E-state index contributed by atoms with van der Waals surface area (Å²) in [5, 5.41) is 11.4. The number of likely N-dealkylation sites (tertiary alicyclic amines) is 1. The van der Waals surface area contributed by atoms with Crippen molar-refractivity contribution in [2.24, 2.45) is 12.8 Å². The molecule has 4 aromatic rings. The summed E-state index contributed by atoms with van der Waals surface area (Å²) in [5.41, 5.74) is 8.13. The number of nitrogens with zero attached hydrogens (tertiary/aromatic N) is 5. The number of aryl methyl sites for hydroxylation is 1. The molecule has 1 saturated heterocycles. The first kappa shape index (κ1) is 28.2. The molecule has 0 aliphatic carbocycles. The number of aromatic nitrogens is 4. The van der Waals surface area contributed by atoms with Gasteiger partial charge in [0.15, 0.2) is 17.5 Å². The summed E-state index contributed by atoms with van der Waals surface area (Å²) in [6, 6.07) is 12.8. The van der Waals surface area contributed by atoms with Gasteiger partial charge in [0.25, 0.3) is 0 Å². The van der Waals surface area contributed by atoms with Crippen molar-refractivity contribution in [2.75, 3.05) is 38.7 Å². The Hall–Kier alpha value is -3.80. The van der Waals surface area contributed by atoms with Crippen LogP contribution in [0.25, 0.3) is 16.9 Å². The Bertz CT molecular complexity index is 1410. The van der Waals surface area contributed by atoms with Crippen LogP contribution in [-0.2, 0) is 11.8 Å². The fourth-order valence-corrected chi connectivity index (χ4v) is 4.68. The SMILES string of the molecule is COCCN1CCC(c2ccc(F)c(F)c2)C1.Cn1cc(-c2nn(-c3ccccc3)c(NC(N)=O)c2Cl)cn1. The summed E-state index contributed by atoms with van der Waals surface area (Å²) in [5.74, 6) is -0.901. The first-order chi connectivity index (χ1) is 18.8. The second-order valence-electron chi connectivity index (χ2n) is 9.10. The van der Waals surface area contributed by atoms with Crippen LogP contribution >= 0.6 is 11.6 Å². The second kappa shape index (κ2) is 12.8. The number of benzene rings is 2. The van der Waals surface area contributed by atoms with Gasteiger partial charge < -0.3 is 15.4 Å². The summed E-state index contributed by atoms with van der Waals surface area (Å²) in [7, 11) is 3.48. The number of amides is 2. The summed E-state index contributed by atoms with van der Waals surface area (Å²) in [4.78, 5) is 13.5. The Morgan fingerprint density at radius 3 is 2.62 bits per heavy atom. The van der Waals surface area contributed by atoms with Gasteiger partial charge in [0.2, 0.25) is 0 Å². The highest BCUT2D eigenvalue weighted by Gasteiger charge is 2.24. The molecule has 0 radical (unpaired) electrons. The van der Waals surface area contributed by atoms with Gasteiger partial charge in [0, 0.05) is 39.0 Å². The van der Waals surface area contributed by atoms with Crippen LogP contribution in [0.3, 0.4) is 0 Å². The molecule has 12 heteroatoms. The van der Waals surface area contributed by atoms with Gasteiger partial charge >= 0.3 is 6.03 Å². The van der Waals surface area contributed by atoms with Gasteiger partial charge in [-0.15, -0.1) is 0 Å². The first-order valence-electron chi connectivity index (χ1n) is 12.3. The molecule has 3 heterocycles. The van der Waals surface area contributed by atoms with E-state index in [1.165, 1.54) is 16.8 Å². The quantitative estimate of drug-likeness (QED) is 0.339. The van der Waals surface area contributed by atoms with Gasteiger partial charge in [-0.05, 0) is 48.7 Å². The van der Waals surface area contributed by atoms with Gasteiger partial charge in [-0.3, -0.25) is 10.00 Å². The lowest BCUT2D eigenvalue weighted by Crippen LogP contribution is -2.24. The normalized spacial score (nSPS) is 15.2. The molecule has 0 spiro atoms. The van der Waals surface area contributed by atoms with E-state index in [1.807, 2.05) is 30.3 Å². The van der Waals surface area contributed by atoms with Crippen LogP contribution < -0.4 is 11.1 Å². The largest absolute Gasteiger partial charge is 0.383 e. The van der Waals surface area contributed by atoms with Crippen molar-refractivity contribution >= 4 is 23.4 Å². The van der Waals surface area contributed by atoms with Crippen molar-refractivity contribution in [3.8, 4) is 16.9 Å². The Morgan fingerprint density at radius 1 is 1.21 bits per heavy atom. The summed E-state index contributed by atoms with van der Waals surface area (Å²) in [6.07, 6.45) is 4.43. The number of carbonyl (C=O) groups is 1. The average Bonchev–Trinajstić information content (AvgIpc) is 3.65. The number of hydrogen-bond donors (Lipinski definition) is 2. The molecule has 39 heavy (non-hydrogen) atoms. The number of hydrogen-bond acceptors (Lipinski definition) is 5. The molecule has 2 aromatic heterocycles. The molecule has 9 nitrogen and oxygen atoms in total. The van der Waals surface area contributed by atoms with Crippen LogP contribution in [-0.4, -0.2) is 63.8 Å². The molecule has 5 rings (SSSR count). The van der Waals surface area contributed by atoms with Crippen LogP contribution in [0.4, 0.5) is 19.4 Å². The van der Waals surface area contributed by atoms with Crippen LogP contribution in [0.1, 0.15) is 17.9 Å². The van der Waals surface area contributed by atoms with E-state index in [2.05, 4.69) is 20.4 Å². The number of halogens is 3. The number of primary amides is 1. The van der Waals surface area contributed by atoms with Gasteiger partial charge in [-0.25, -0.2) is 18.3 Å². The number of nitrogens with two attached hydrogens (primary N) is 1. The monoisotopic (exact) mass is 557 g/mol. The highest BCUT2D eigenvalue weighted by molar-refractivity contribution is 6.36. The molecule has 1 aliphatic rings. The minimum atomic E-state index is -0.775. The number of nitrogens with one attached hydrogen (secondary N) is 1. The number of para-hydroxylation sites is 1. The number of ether oxygens (including phenoxy) is 1. The molecule has 2 amide bonds. The van der Waals surface area contributed by atoms with Crippen LogP contribution in [0.5, 0.6) is 0 Å². The molecule has 2 aromatic carbocycles. The molecule has 0 saturated carbocycles. The fourth-order valence-electron chi connectivity index (χ4n) is 4.40. The van der Waals surface area contributed by atoms with Crippen LogP contribution in [0, 0.1) is 11.6 Å². The molecule has 1 fully saturated rings. The minimum absolute atomic E-state index is 0.302. The lowest BCUT2D eigenvalue weighted by molar-refractivity contribution is 0.160. The Balaban J connectivity index is 0.000000187. The Labute approximate surface area is 230 Å². The Kier molecular flexibility index (Phi) is 9.28. The zero-order valence-corrected chi connectivity index (χ0v) is 22.4. The van der Waals surface area contributed by atoms with E-state index in [4.69, 9.17) is 22.1 Å². The number of urea groups is 1. The molecule has 206 valence electrons. The predicted octanol–water partition coefficient (Wildman–Crippen LogP) is 4.82. The molecule has 0 bridgehead atoms. The van der Waals surface area contributed by atoms with Crippen molar-refractivity contribution in [1.82, 2.24) is 24.5 Å². The van der Waals surface area contributed by atoms with Crippen molar-refractivity contribution in [3.05, 3.63) is 83.1 Å². The molecule has 3 N–H and O–H groups in total. The molecule has 1 unspecified atom stereocenters.